The van der Waals surface area contributed by atoms with Crippen LogP contribution in [0.15, 0.2) is 24.3 Å². The van der Waals surface area contributed by atoms with E-state index in [9.17, 15) is 0 Å². The zero-order valence-electron chi connectivity index (χ0n) is 11.3. The molecule has 0 bridgehead atoms. The van der Waals surface area contributed by atoms with Crippen LogP contribution in [0.25, 0.3) is 0 Å². The van der Waals surface area contributed by atoms with Crippen molar-refractivity contribution >= 4 is 11.6 Å². The zero-order valence-corrected chi connectivity index (χ0v) is 12.1. The maximum atomic E-state index is 6.11. The molecule has 0 aromatic heterocycles. The minimum absolute atomic E-state index is 0.500. The van der Waals surface area contributed by atoms with Crippen LogP contribution in [-0.2, 0) is 0 Å². The molecule has 18 heavy (non-hydrogen) atoms. The lowest BCUT2D eigenvalue weighted by molar-refractivity contribution is 0.136. The van der Waals surface area contributed by atoms with Crippen LogP contribution in [-0.4, -0.2) is 31.1 Å². The number of halogens is 1. The van der Waals surface area contributed by atoms with E-state index in [2.05, 4.69) is 42.4 Å². The largest absolute Gasteiger partial charge is 0.316 e. The number of hydrogen-bond donors (Lipinski definition) is 1. The Morgan fingerprint density at radius 3 is 3.00 bits per heavy atom. The Kier molecular flexibility index (Phi) is 5.04. The zero-order chi connectivity index (χ0) is 13.0. The number of hydrogen-bond acceptors (Lipinski definition) is 2. The minimum atomic E-state index is 0.500. The lowest BCUT2D eigenvalue weighted by Gasteiger charge is -2.38. The number of nitrogens with one attached hydrogen (secondary N) is 1. The summed E-state index contributed by atoms with van der Waals surface area (Å²) in [5, 5.41) is 4.25. The van der Waals surface area contributed by atoms with Crippen LogP contribution in [0.1, 0.15) is 37.8 Å². The summed E-state index contributed by atoms with van der Waals surface area (Å²) in [7, 11) is 2.06. The van der Waals surface area contributed by atoms with Crippen molar-refractivity contribution in [3.05, 3.63) is 34.9 Å². The standard InChI is InChI=1S/C15H23ClN2/c1-3-15(12-6-4-7-13(16)10-12)18-9-5-8-14(11-18)17-2/h4,6-7,10,14-15,17H,3,5,8-9,11H2,1-2H3. The highest BCUT2D eigenvalue weighted by atomic mass is 35.5. The predicted octanol–water partition coefficient (Wildman–Crippen LogP) is 3.47. The van der Waals surface area contributed by atoms with Gasteiger partial charge in [0, 0.05) is 23.7 Å². The van der Waals surface area contributed by atoms with Gasteiger partial charge < -0.3 is 5.32 Å². The first-order valence-electron chi connectivity index (χ1n) is 6.91. The highest BCUT2D eigenvalue weighted by Gasteiger charge is 2.25. The van der Waals surface area contributed by atoms with Crippen LogP contribution in [0.3, 0.4) is 0 Å². The Morgan fingerprint density at radius 1 is 1.50 bits per heavy atom. The van der Waals surface area contributed by atoms with Crippen LogP contribution in [0.5, 0.6) is 0 Å². The summed E-state index contributed by atoms with van der Waals surface area (Å²) in [5.41, 5.74) is 1.35. The summed E-state index contributed by atoms with van der Waals surface area (Å²) in [6, 6.07) is 9.44. The third-order valence-corrected chi connectivity index (χ3v) is 4.16. The van der Waals surface area contributed by atoms with E-state index in [1.165, 1.54) is 24.9 Å². The molecule has 1 aromatic carbocycles. The van der Waals surface area contributed by atoms with Gasteiger partial charge in [0.05, 0.1) is 0 Å². The fourth-order valence-corrected chi connectivity index (χ4v) is 3.14. The highest BCUT2D eigenvalue weighted by Crippen LogP contribution is 2.28. The SMILES string of the molecule is CCC(c1cccc(Cl)c1)N1CCCC(NC)C1. The Bertz CT molecular complexity index is 381. The summed E-state index contributed by atoms with van der Waals surface area (Å²) in [4.78, 5) is 2.59. The molecule has 100 valence electrons. The number of likely N-dealkylation sites (tertiary alicyclic amines) is 1. The highest BCUT2D eigenvalue weighted by molar-refractivity contribution is 6.30. The van der Waals surface area contributed by atoms with Gasteiger partial charge in [0.25, 0.3) is 0 Å². The second-order valence-electron chi connectivity index (χ2n) is 5.10. The molecule has 0 aliphatic carbocycles. The second kappa shape index (κ2) is 6.55. The van der Waals surface area contributed by atoms with Crippen LogP contribution < -0.4 is 5.32 Å². The summed E-state index contributed by atoms with van der Waals surface area (Å²) in [6.45, 7) is 4.60. The molecular formula is C15H23ClN2. The van der Waals surface area contributed by atoms with E-state index in [0.717, 1.165) is 18.0 Å². The van der Waals surface area contributed by atoms with Crippen molar-refractivity contribution in [3.8, 4) is 0 Å². The molecule has 1 saturated heterocycles. The van der Waals surface area contributed by atoms with Gasteiger partial charge in [-0.05, 0) is 50.6 Å². The normalized spacial score (nSPS) is 22.9. The van der Waals surface area contributed by atoms with E-state index in [4.69, 9.17) is 11.6 Å². The average molecular weight is 267 g/mol. The number of benzene rings is 1. The Labute approximate surface area is 115 Å². The van der Waals surface area contributed by atoms with Gasteiger partial charge in [-0.3, -0.25) is 4.90 Å². The van der Waals surface area contributed by atoms with Crippen molar-refractivity contribution in [2.45, 2.75) is 38.3 Å². The topological polar surface area (TPSA) is 15.3 Å². The first-order chi connectivity index (χ1) is 8.74. The molecule has 2 atom stereocenters. The summed E-state index contributed by atoms with van der Waals surface area (Å²) >= 11 is 6.11. The lowest BCUT2D eigenvalue weighted by Crippen LogP contribution is -2.45. The van der Waals surface area contributed by atoms with Gasteiger partial charge in [-0.1, -0.05) is 30.7 Å². The number of likely N-dealkylation sites (N-methyl/N-ethyl adjacent to an activating group) is 1. The van der Waals surface area contributed by atoms with Gasteiger partial charge in [-0.25, -0.2) is 0 Å². The van der Waals surface area contributed by atoms with Gasteiger partial charge in [0.2, 0.25) is 0 Å². The molecule has 1 fully saturated rings. The van der Waals surface area contributed by atoms with Crippen LogP contribution in [0.2, 0.25) is 5.02 Å². The van der Waals surface area contributed by atoms with Crippen LogP contribution in [0.4, 0.5) is 0 Å². The Hall–Kier alpha value is -0.570. The summed E-state index contributed by atoms with van der Waals surface area (Å²) in [5.74, 6) is 0. The van der Waals surface area contributed by atoms with E-state index < -0.39 is 0 Å². The van der Waals surface area contributed by atoms with Crippen molar-refractivity contribution < 1.29 is 0 Å². The van der Waals surface area contributed by atoms with Crippen molar-refractivity contribution in [2.75, 3.05) is 20.1 Å². The molecule has 1 aliphatic rings. The van der Waals surface area contributed by atoms with E-state index in [-0.39, 0.29) is 0 Å². The van der Waals surface area contributed by atoms with E-state index in [0.29, 0.717) is 12.1 Å². The maximum absolute atomic E-state index is 6.11. The Morgan fingerprint density at radius 2 is 2.33 bits per heavy atom. The van der Waals surface area contributed by atoms with Crippen molar-refractivity contribution in [1.82, 2.24) is 10.2 Å². The van der Waals surface area contributed by atoms with Gasteiger partial charge in [0.15, 0.2) is 0 Å². The summed E-state index contributed by atoms with van der Waals surface area (Å²) < 4.78 is 0. The average Bonchev–Trinajstić information content (AvgIpc) is 2.40. The molecular weight excluding hydrogens is 244 g/mol. The minimum Gasteiger partial charge on any atom is -0.316 e. The molecule has 2 nitrogen and oxygen atoms in total. The van der Waals surface area contributed by atoms with Gasteiger partial charge in [0.1, 0.15) is 0 Å². The number of rotatable bonds is 4. The third kappa shape index (κ3) is 3.25. The number of nitrogens with zero attached hydrogens (tertiary/aromatic N) is 1. The molecule has 2 unspecified atom stereocenters. The molecule has 3 heteroatoms. The van der Waals surface area contributed by atoms with Gasteiger partial charge >= 0.3 is 0 Å². The van der Waals surface area contributed by atoms with Crippen molar-refractivity contribution in [3.63, 3.8) is 0 Å². The molecule has 0 radical (unpaired) electrons. The van der Waals surface area contributed by atoms with Crippen molar-refractivity contribution in [2.24, 2.45) is 0 Å². The Balaban J connectivity index is 2.12. The fourth-order valence-electron chi connectivity index (χ4n) is 2.94. The quantitative estimate of drug-likeness (QED) is 0.898. The van der Waals surface area contributed by atoms with Gasteiger partial charge in [-0.15, -0.1) is 0 Å². The van der Waals surface area contributed by atoms with Crippen LogP contribution in [0, 0.1) is 0 Å². The molecule has 0 saturated carbocycles. The molecule has 0 spiro atoms. The van der Waals surface area contributed by atoms with Crippen molar-refractivity contribution in [1.29, 1.82) is 0 Å². The first-order valence-corrected chi connectivity index (χ1v) is 7.29. The molecule has 0 amide bonds. The molecule has 2 rings (SSSR count). The lowest BCUT2D eigenvalue weighted by atomic mass is 9.98. The van der Waals surface area contributed by atoms with Crippen LogP contribution >= 0.6 is 11.6 Å². The summed E-state index contributed by atoms with van der Waals surface area (Å²) in [6.07, 6.45) is 3.71. The predicted molar refractivity (Wildman–Crippen MR) is 78.1 cm³/mol. The molecule has 1 aliphatic heterocycles. The van der Waals surface area contributed by atoms with E-state index in [1.807, 2.05) is 6.07 Å². The third-order valence-electron chi connectivity index (χ3n) is 3.92. The van der Waals surface area contributed by atoms with Gasteiger partial charge in [-0.2, -0.15) is 0 Å². The molecule has 1 heterocycles. The maximum Gasteiger partial charge on any atom is 0.0409 e. The molecule has 1 N–H and O–H groups in total. The monoisotopic (exact) mass is 266 g/mol. The van der Waals surface area contributed by atoms with E-state index in [1.54, 1.807) is 0 Å². The fraction of sp³-hybridized carbons (Fsp3) is 0.600. The molecule has 1 aromatic rings. The first kappa shape index (κ1) is 13.9. The smallest absolute Gasteiger partial charge is 0.0409 e. The second-order valence-corrected chi connectivity index (χ2v) is 5.54. The number of piperidine rings is 1. The van der Waals surface area contributed by atoms with E-state index >= 15 is 0 Å².